The van der Waals surface area contributed by atoms with Gasteiger partial charge in [0.05, 0.1) is 14.2 Å². The molecule has 0 fully saturated rings. The molecular formula is C21H22N2O5. The lowest BCUT2D eigenvalue weighted by molar-refractivity contribution is 0.0422. The summed E-state index contributed by atoms with van der Waals surface area (Å²) in [5.74, 6) is 1.21. The van der Waals surface area contributed by atoms with Crippen LogP contribution in [0.2, 0.25) is 0 Å². The summed E-state index contributed by atoms with van der Waals surface area (Å²) in [6.07, 6.45) is 0. The summed E-state index contributed by atoms with van der Waals surface area (Å²) in [6.45, 7) is 4.11. The van der Waals surface area contributed by atoms with E-state index in [0.717, 1.165) is 5.56 Å². The van der Waals surface area contributed by atoms with Gasteiger partial charge >= 0.3 is 5.97 Å². The molecule has 0 aliphatic rings. The molecule has 0 atom stereocenters. The Bertz CT molecular complexity index is 925. The molecule has 0 spiro atoms. The molecule has 3 aromatic rings. The van der Waals surface area contributed by atoms with Gasteiger partial charge in [0.1, 0.15) is 17.1 Å². The monoisotopic (exact) mass is 382 g/mol. The fourth-order valence-corrected chi connectivity index (χ4v) is 2.70. The molecule has 3 rings (SSSR count). The van der Waals surface area contributed by atoms with Gasteiger partial charge in [-0.25, -0.2) is 4.79 Å². The second kappa shape index (κ2) is 8.56. The molecule has 0 unspecified atom stereocenters. The van der Waals surface area contributed by atoms with Crippen LogP contribution in [0.1, 0.15) is 41.6 Å². The van der Waals surface area contributed by atoms with Crippen molar-refractivity contribution in [3.63, 3.8) is 0 Å². The van der Waals surface area contributed by atoms with Gasteiger partial charge in [-0.05, 0) is 23.6 Å². The molecule has 7 nitrogen and oxygen atoms in total. The molecule has 0 aliphatic carbocycles. The van der Waals surface area contributed by atoms with E-state index in [4.69, 9.17) is 18.7 Å². The number of hydrogen-bond acceptors (Lipinski definition) is 7. The van der Waals surface area contributed by atoms with Gasteiger partial charge in [0.15, 0.2) is 6.61 Å². The minimum Gasteiger partial charge on any atom is -0.496 e. The van der Waals surface area contributed by atoms with Crippen LogP contribution >= 0.6 is 0 Å². The van der Waals surface area contributed by atoms with Gasteiger partial charge in [0.2, 0.25) is 5.82 Å². The van der Waals surface area contributed by atoms with Crippen molar-refractivity contribution >= 4 is 5.97 Å². The third-order valence-corrected chi connectivity index (χ3v) is 4.26. The quantitative estimate of drug-likeness (QED) is 0.565. The SMILES string of the molecule is COc1cccc(OC)c1C(=O)OCc1nc(-c2ccc(C(C)C)cc2)no1. The van der Waals surface area contributed by atoms with Gasteiger partial charge in [-0.3, -0.25) is 0 Å². The fraction of sp³-hybridized carbons (Fsp3) is 0.286. The molecule has 1 aromatic heterocycles. The molecule has 28 heavy (non-hydrogen) atoms. The lowest BCUT2D eigenvalue weighted by Gasteiger charge is -2.11. The van der Waals surface area contributed by atoms with E-state index in [1.165, 1.54) is 19.8 Å². The summed E-state index contributed by atoms with van der Waals surface area (Å²) in [5.41, 5.74) is 2.26. The molecule has 7 heteroatoms. The van der Waals surface area contributed by atoms with Crippen molar-refractivity contribution in [3.05, 3.63) is 59.5 Å². The number of benzene rings is 2. The van der Waals surface area contributed by atoms with Crippen LogP contribution in [0.15, 0.2) is 47.0 Å². The van der Waals surface area contributed by atoms with Gasteiger partial charge in [0, 0.05) is 5.56 Å². The summed E-state index contributed by atoms with van der Waals surface area (Å²) in [7, 11) is 2.95. The van der Waals surface area contributed by atoms with E-state index in [-0.39, 0.29) is 18.1 Å². The van der Waals surface area contributed by atoms with E-state index in [1.807, 2.05) is 24.3 Å². The minimum atomic E-state index is -0.602. The Labute approximate surface area is 163 Å². The molecule has 0 radical (unpaired) electrons. The minimum absolute atomic E-state index is 0.156. The number of hydrogen-bond donors (Lipinski definition) is 0. The number of ether oxygens (including phenoxy) is 3. The summed E-state index contributed by atoms with van der Waals surface area (Å²) >= 11 is 0. The first-order valence-corrected chi connectivity index (χ1v) is 8.84. The van der Waals surface area contributed by atoms with E-state index in [2.05, 4.69) is 24.0 Å². The van der Waals surface area contributed by atoms with Crippen molar-refractivity contribution in [1.29, 1.82) is 0 Å². The second-order valence-electron chi connectivity index (χ2n) is 6.40. The number of carbonyl (C=O) groups excluding carboxylic acids is 1. The number of esters is 1. The summed E-state index contributed by atoms with van der Waals surface area (Å²) in [6, 6.07) is 13.0. The van der Waals surface area contributed by atoms with E-state index in [9.17, 15) is 4.79 Å². The number of aromatic nitrogens is 2. The topological polar surface area (TPSA) is 83.7 Å². The zero-order valence-corrected chi connectivity index (χ0v) is 16.3. The van der Waals surface area contributed by atoms with Crippen LogP contribution in [0.5, 0.6) is 11.5 Å². The first-order chi connectivity index (χ1) is 13.5. The molecule has 2 aromatic carbocycles. The molecule has 0 amide bonds. The fourth-order valence-electron chi connectivity index (χ4n) is 2.70. The third-order valence-electron chi connectivity index (χ3n) is 4.26. The number of methoxy groups -OCH3 is 2. The van der Waals surface area contributed by atoms with Crippen LogP contribution in [0.3, 0.4) is 0 Å². The Kier molecular flexibility index (Phi) is 5.93. The van der Waals surface area contributed by atoms with E-state index in [0.29, 0.717) is 23.2 Å². The Hall–Kier alpha value is -3.35. The van der Waals surface area contributed by atoms with Crippen LogP contribution in [0.25, 0.3) is 11.4 Å². The van der Waals surface area contributed by atoms with Crippen LogP contribution in [-0.4, -0.2) is 30.3 Å². The second-order valence-corrected chi connectivity index (χ2v) is 6.40. The lowest BCUT2D eigenvalue weighted by atomic mass is 10.0. The highest BCUT2D eigenvalue weighted by Gasteiger charge is 2.21. The van der Waals surface area contributed by atoms with Crippen molar-refractivity contribution in [2.45, 2.75) is 26.4 Å². The standard InChI is InChI=1S/C21H22N2O5/c1-13(2)14-8-10-15(11-9-14)20-22-18(28-23-20)12-27-21(24)19-16(25-3)6-5-7-17(19)26-4/h5-11,13H,12H2,1-4H3. The maximum atomic E-state index is 12.5. The van der Waals surface area contributed by atoms with E-state index < -0.39 is 5.97 Å². The highest BCUT2D eigenvalue weighted by Crippen LogP contribution is 2.29. The zero-order chi connectivity index (χ0) is 20.1. The van der Waals surface area contributed by atoms with Crippen molar-refractivity contribution in [1.82, 2.24) is 10.1 Å². The highest BCUT2D eigenvalue weighted by atomic mass is 16.6. The van der Waals surface area contributed by atoms with Crippen LogP contribution in [0, 0.1) is 0 Å². The molecule has 0 saturated heterocycles. The van der Waals surface area contributed by atoms with Gasteiger partial charge in [-0.15, -0.1) is 0 Å². The van der Waals surface area contributed by atoms with E-state index >= 15 is 0 Å². The highest BCUT2D eigenvalue weighted by molar-refractivity contribution is 5.95. The smallest absolute Gasteiger partial charge is 0.346 e. The molecule has 146 valence electrons. The van der Waals surface area contributed by atoms with Gasteiger partial charge in [-0.1, -0.05) is 49.3 Å². The molecule has 0 saturated carbocycles. The first-order valence-electron chi connectivity index (χ1n) is 8.84. The number of nitrogens with zero attached hydrogens (tertiary/aromatic N) is 2. The van der Waals surface area contributed by atoms with Crippen molar-refractivity contribution in [3.8, 4) is 22.9 Å². The molecule has 1 heterocycles. The molecule has 0 aliphatic heterocycles. The van der Waals surface area contributed by atoms with Crippen LogP contribution < -0.4 is 9.47 Å². The summed E-state index contributed by atoms with van der Waals surface area (Å²) in [4.78, 5) is 16.8. The van der Waals surface area contributed by atoms with Gasteiger partial charge in [-0.2, -0.15) is 4.98 Å². The Morgan fingerprint density at radius 2 is 1.68 bits per heavy atom. The van der Waals surface area contributed by atoms with Gasteiger partial charge < -0.3 is 18.7 Å². The van der Waals surface area contributed by atoms with Crippen molar-refractivity contribution in [2.75, 3.05) is 14.2 Å². The van der Waals surface area contributed by atoms with Crippen LogP contribution in [0.4, 0.5) is 0 Å². The predicted octanol–water partition coefficient (Wildman–Crippen LogP) is 4.23. The maximum absolute atomic E-state index is 12.5. The zero-order valence-electron chi connectivity index (χ0n) is 16.3. The Balaban J connectivity index is 1.70. The average Bonchev–Trinajstić information content (AvgIpc) is 3.20. The van der Waals surface area contributed by atoms with Gasteiger partial charge in [0.25, 0.3) is 5.89 Å². The average molecular weight is 382 g/mol. The predicted molar refractivity (Wildman–Crippen MR) is 102 cm³/mol. The number of carbonyl (C=O) groups is 1. The Morgan fingerprint density at radius 1 is 1.04 bits per heavy atom. The van der Waals surface area contributed by atoms with Crippen LogP contribution in [-0.2, 0) is 11.3 Å². The summed E-state index contributed by atoms with van der Waals surface area (Å²) < 4.78 is 20.9. The lowest BCUT2D eigenvalue weighted by Crippen LogP contribution is -2.09. The molecular weight excluding hydrogens is 360 g/mol. The summed E-state index contributed by atoms with van der Waals surface area (Å²) in [5, 5.41) is 3.95. The normalized spacial score (nSPS) is 10.8. The Morgan fingerprint density at radius 3 is 2.25 bits per heavy atom. The maximum Gasteiger partial charge on any atom is 0.346 e. The van der Waals surface area contributed by atoms with Crippen molar-refractivity contribution < 1.29 is 23.5 Å². The molecule has 0 N–H and O–H groups in total. The number of rotatable bonds is 7. The largest absolute Gasteiger partial charge is 0.496 e. The first kappa shape index (κ1) is 19.4. The third kappa shape index (κ3) is 4.14. The van der Waals surface area contributed by atoms with Crippen molar-refractivity contribution in [2.24, 2.45) is 0 Å². The molecule has 0 bridgehead atoms. The van der Waals surface area contributed by atoms with E-state index in [1.54, 1.807) is 18.2 Å².